The van der Waals surface area contributed by atoms with Crippen molar-refractivity contribution in [1.82, 2.24) is 19.6 Å². The first-order valence-electron chi connectivity index (χ1n) is 8.14. The zero-order chi connectivity index (χ0) is 18.8. The number of carbonyl (C=O) groups is 1. The molecule has 1 atom stereocenters. The van der Waals surface area contributed by atoms with Crippen LogP contribution in [0.4, 0.5) is 5.69 Å². The Hall–Kier alpha value is -1.93. The quantitative estimate of drug-likeness (QED) is 0.585. The smallest absolute Gasteiger partial charge is 0.248 e. The largest absolute Gasteiger partial charge is 0.324 e. The molecule has 1 N–H and O–H groups in total. The van der Waals surface area contributed by atoms with Gasteiger partial charge in [-0.25, -0.2) is 0 Å². The van der Waals surface area contributed by atoms with Gasteiger partial charge in [0.05, 0.1) is 33.1 Å². The van der Waals surface area contributed by atoms with Crippen LogP contribution in [0.3, 0.4) is 0 Å². The Kier molecular flexibility index (Phi) is 5.62. The predicted molar refractivity (Wildman–Crippen MR) is 108 cm³/mol. The van der Waals surface area contributed by atoms with Crippen molar-refractivity contribution in [3.8, 4) is 0 Å². The number of rotatable bonds is 5. The summed E-state index contributed by atoms with van der Waals surface area (Å²) in [7, 11) is 0. The molecule has 3 rings (SSSR count). The molecular formula is C18H19Br2N5O. The van der Waals surface area contributed by atoms with E-state index in [4.69, 9.17) is 0 Å². The zero-order valence-electron chi connectivity index (χ0n) is 14.7. The molecule has 2 aromatic heterocycles. The highest BCUT2D eigenvalue weighted by Crippen LogP contribution is 2.23. The summed E-state index contributed by atoms with van der Waals surface area (Å²) in [6.07, 6.45) is 3.66. The lowest BCUT2D eigenvalue weighted by molar-refractivity contribution is -0.119. The van der Waals surface area contributed by atoms with Crippen LogP contribution in [0.2, 0.25) is 0 Å². The SMILES string of the molecule is Cc1nn(C(C)C(=O)Nc2cccc(Cn3cc(Br)cn3)c2)c(C)c1Br. The van der Waals surface area contributed by atoms with Crippen molar-refractivity contribution in [2.45, 2.75) is 33.4 Å². The Bertz CT molecular complexity index is 947. The number of halogens is 2. The molecular weight excluding hydrogens is 462 g/mol. The molecule has 0 spiro atoms. The molecule has 0 fully saturated rings. The van der Waals surface area contributed by atoms with Gasteiger partial charge in [0.2, 0.25) is 5.91 Å². The molecule has 0 bridgehead atoms. The number of amides is 1. The van der Waals surface area contributed by atoms with Crippen molar-refractivity contribution in [3.05, 3.63) is 62.6 Å². The highest BCUT2D eigenvalue weighted by molar-refractivity contribution is 9.10. The maximum absolute atomic E-state index is 12.6. The van der Waals surface area contributed by atoms with Crippen LogP contribution in [0.15, 0.2) is 45.6 Å². The Morgan fingerprint density at radius 2 is 2.08 bits per heavy atom. The standard InChI is InChI=1S/C18H19Br2N5O/c1-11-17(20)12(2)25(23-11)13(3)18(26)22-16-6-4-5-14(7-16)9-24-10-15(19)8-21-24/h4-8,10,13H,9H2,1-3H3,(H,22,26). The normalized spacial score (nSPS) is 12.2. The number of carbonyl (C=O) groups excluding carboxylic acids is 1. The Balaban J connectivity index is 1.72. The molecule has 1 unspecified atom stereocenters. The molecule has 0 aliphatic rings. The molecule has 6 nitrogen and oxygen atoms in total. The minimum absolute atomic E-state index is 0.109. The molecule has 8 heteroatoms. The molecule has 0 saturated carbocycles. The number of aryl methyl sites for hydroxylation is 1. The number of nitrogens with one attached hydrogen (secondary N) is 1. The highest BCUT2D eigenvalue weighted by atomic mass is 79.9. The monoisotopic (exact) mass is 479 g/mol. The van der Waals surface area contributed by atoms with Gasteiger partial charge < -0.3 is 5.32 Å². The molecule has 0 aliphatic carbocycles. The number of anilines is 1. The number of hydrogen-bond acceptors (Lipinski definition) is 3. The van der Waals surface area contributed by atoms with Crippen molar-refractivity contribution < 1.29 is 4.79 Å². The van der Waals surface area contributed by atoms with E-state index >= 15 is 0 Å². The van der Waals surface area contributed by atoms with E-state index in [0.29, 0.717) is 6.54 Å². The maximum Gasteiger partial charge on any atom is 0.248 e. The average Bonchev–Trinajstić information content (AvgIpc) is 3.12. The van der Waals surface area contributed by atoms with E-state index in [0.717, 1.165) is 31.6 Å². The lowest BCUT2D eigenvalue weighted by Crippen LogP contribution is -2.25. The van der Waals surface area contributed by atoms with Crippen LogP contribution in [0.1, 0.15) is 29.9 Å². The third-order valence-electron chi connectivity index (χ3n) is 4.12. The highest BCUT2D eigenvalue weighted by Gasteiger charge is 2.20. The molecule has 136 valence electrons. The van der Waals surface area contributed by atoms with Crippen LogP contribution >= 0.6 is 31.9 Å². The molecule has 0 aliphatic heterocycles. The van der Waals surface area contributed by atoms with Gasteiger partial charge in [-0.2, -0.15) is 10.2 Å². The summed E-state index contributed by atoms with van der Waals surface area (Å²) in [6, 6.07) is 7.35. The molecule has 0 saturated heterocycles. The van der Waals surface area contributed by atoms with Gasteiger partial charge in [0, 0.05) is 11.9 Å². The van der Waals surface area contributed by atoms with Crippen LogP contribution in [0, 0.1) is 13.8 Å². The van der Waals surface area contributed by atoms with Crippen LogP contribution in [-0.4, -0.2) is 25.5 Å². The first-order chi connectivity index (χ1) is 12.3. The minimum atomic E-state index is -0.411. The van der Waals surface area contributed by atoms with Crippen molar-refractivity contribution in [1.29, 1.82) is 0 Å². The van der Waals surface area contributed by atoms with E-state index in [1.54, 1.807) is 10.9 Å². The predicted octanol–water partition coefficient (Wildman–Crippen LogP) is 4.47. The number of benzene rings is 1. The van der Waals surface area contributed by atoms with Crippen molar-refractivity contribution in [3.63, 3.8) is 0 Å². The first-order valence-corrected chi connectivity index (χ1v) is 9.72. The molecule has 26 heavy (non-hydrogen) atoms. The summed E-state index contributed by atoms with van der Waals surface area (Å²) < 4.78 is 5.44. The minimum Gasteiger partial charge on any atom is -0.324 e. The summed E-state index contributed by atoms with van der Waals surface area (Å²) in [5.74, 6) is -0.109. The molecule has 1 aromatic carbocycles. The van der Waals surface area contributed by atoms with Gasteiger partial charge >= 0.3 is 0 Å². The second-order valence-electron chi connectivity index (χ2n) is 6.15. The number of aromatic nitrogens is 4. The van der Waals surface area contributed by atoms with Crippen molar-refractivity contribution >= 4 is 43.5 Å². The Morgan fingerprint density at radius 1 is 1.31 bits per heavy atom. The van der Waals surface area contributed by atoms with Crippen LogP contribution in [0.5, 0.6) is 0 Å². The van der Waals surface area contributed by atoms with E-state index in [9.17, 15) is 4.79 Å². The topological polar surface area (TPSA) is 64.7 Å². The number of nitrogens with zero attached hydrogens (tertiary/aromatic N) is 4. The fourth-order valence-corrected chi connectivity index (χ4v) is 3.33. The van der Waals surface area contributed by atoms with Crippen molar-refractivity contribution in [2.75, 3.05) is 5.32 Å². The molecule has 3 aromatic rings. The van der Waals surface area contributed by atoms with Gasteiger partial charge in [-0.05, 0) is 70.3 Å². The van der Waals surface area contributed by atoms with Crippen LogP contribution in [-0.2, 0) is 11.3 Å². The van der Waals surface area contributed by atoms with E-state index in [1.165, 1.54) is 0 Å². The van der Waals surface area contributed by atoms with Crippen LogP contribution in [0.25, 0.3) is 0 Å². The van der Waals surface area contributed by atoms with Crippen LogP contribution < -0.4 is 5.32 Å². The Labute approximate surface area is 168 Å². The lowest BCUT2D eigenvalue weighted by atomic mass is 10.2. The average molecular weight is 481 g/mol. The third kappa shape index (κ3) is 4.07. The van der Waals surface area contributed by atoms with Gasteiger partial charge in [0.25, 0.3) is 0 Å². The third-order valence-corrected chi connectivity index (χ3v) is 5.68. The summed E-state index contributed by atoms with van der Waals surface area (Å²) in [5, 5.41) is 11.7. The lowest BCUT2D eigenvalue weighted by Gasteiger charge is -2.15. The second-order valence-corrected chi connectivity index (χ2v) is 7.86. The van der Waals surface area contributed by atoms with Gasteiger partial charge in [-0.15, -0.1) is 0 Å². The van der Waals surface area contributed by atoms with Gasteiger partial charge in [0.1, 0.15) is 6.04 Å². The van der Waals surface area contributed by atoms with E-state index < -0.39 is 6.04 Å². The van der Waals surface area contributed by atoms with Gasteiger partial charge in [-0.1, -0.05) is 12.1 Å². The molecule has 0 radical (unpaired) electrons. The van der Waals surface area contributed by atoms with E-state index in [-0.39, 0.29) is 5.91 Å². The number of hydrogen-bond donors (Lipinski definition) is 1. The fourth-order valence-electron chi connectivity index (χ4n) is 2.74. The zero-order valence-corrected chi connectivity index (χ0v) is 17.9. The van der Waals surface area contributed by atoms with E-state index in [1.807, 2.05) is 55.9 Å². The van der Waals surface area contributed by atoms with Gasteiger partial charge in [-0.3, -0.25) is 14.2 Å². The van der Waals surface area contributed by atoms with Gasteiger partial charge in [0.15, 0.2) is 0 Å². The Morgan fingerprint density at radius 3 is 2.69 bits per heavy atom. The maximum atomic E-state index is 12.6. The fraction of sp³-hybridized carbons (Fsp3) is 0.278. The summed E-state index contributed by atoms with van der Waals surface area (Å²) >= 11 is 6.89. The molecule has 1 amide bonds. The molecule has 2 heterocycles. The summed E-state index contributed by atoms with van der Waals surface area (Å²) in [4.78, 5) is 12.6. The summed E-state index contributed by atoms with van der Waals surface area (Å²) in [5.41, 5.74) is 3.61. The summed E-state index contributed by atoms with van der Waals surface area (Å²) in [6.45, 7) is 6.33. The second kappa shape index (κ2) is 7.75. The van der Waals surface area contributed by atoms with Crippen molar-refractivity contribution in [2.24, 2.45) is 0 Å². The first kappa shape index (κ1) is 18.8. The van der Waals surface area contributed by atoms with E-state index in [2.05, 4.69) is 47.4 Å².